The van der Waals surface area contributed by atoms with Gasteiger partial charge in [-0.15, -0.1) is 13.2 Å². The van der Waals surface area contributed by atoms with Crippen molar-refractivity contribution in [2.45, 2.75) is 19.7 Å². The molecule has 0 aliphatic heterocycles. The number of hydrogen-bond acceptors (Lipinski definition) is 5. The number of alkyl halides is 3. The van der Waals surface area contributed by atoms with E-state index in [1.165, 1.54) is 0 Å². The molecule has 1 aromatic heterocycles. The van der Waals surface area contributed by atoms with Crippen LogP contribution in [0.4, 0.5) is 13.2 Å². The average molecular weight is 295 g/mol. The molecule has 0 aliphatic carbocycles. The third-order valence-electron chi connectivity index (χ3n) is 2.13. The van der Waals surface area contributed by atoms with Crippen molar-refractivity contribution in [3.05, 3.63) is 22.0 Å². The number of carbonyl (C=O) groups is 1. The number of methoxy groups -OCH3 is 1. The smallest absolute Gasteiger partial charge is 0.496 e. The number of aromatic amines is 1. The van der Waals surface area contributed by atoms with E-state index in [9.17, 15) is 22.8 Å². The fourth-order valence-electron chi connectivity index (χ4n) is 1.45. The SMILES string of the molecule is CCOC(=O)Cc1c(OC)cc(=O)[nH]c1OC(F)(F)F. The van der Waals surface area contributed by atoms with Gasteiger partial charge in [-0.2, -0.15) is 0 Å². The summed E-state index contributed by atoms with van der Waals surface area (Å²) in [5.41, 5.74) is -1.10. The number of H-pyrrole nitrogens is 1. The lowest BCUT2D eigenvalue weighted by Gasteiger charge is -2.14. The Hall–Kier alpha value is -2.19. The maximum Gasteiger partial charge on any atom is 0.574 e. The van der Waals surface area contributed by atoms with E-state index in [1.807, 2.05) is 4.98 Å². The zero-order valence-corrected chi connectivity index (χ0v) is 10.7. The maximum absolute atomic E-state index is 12.3. The summed E-state index contributed by atoms with van der Waals surface area (Å²) in [5.74, 6) is -1.86. The van der Waals surface area contributed by atoms with Crippen molar-refractivity contribution in [1.82, 2.24) is 4.98 Å². The van der Waals surface area contributed by atoms with E-state index in [4.69, 9.17) is 4.74 Å². The molecule has 0 spiro atoms. The molecule has 0 saturated heterocycles. The zero-order valence-electron chi connectivity index (χ0n) is 10.7. The van der Waals surface area contributed by atoms with Crippen molar-refractivity contribution in [3.63, 3.8) is 0 Å². The number of ether oxygens (including phenoxy) is 3. The fraction of sp³-hybridized carbons (Fsp3) is 0.455. The molecule has 0 saturated carbocycles. The van der Waals surface area contributed by atoms with Gasteiger partial charge in [-0.1, -0.05) is 0 Å². The van der Waals surface area contributed by atoms with Gasteiger partial charge in [-0.25, -0.2) is 0 Å². The van der Waals surface area contributed by atoms with E-state index in [0.717, 1.165) is 13.2 Å². The summed E-state index contributed by atoms with van der Waals surface area (Å²) in [6, 6.07) is 0.914. The number of pyridine rings is 1. The lowest BCUT2D eigenvalue weighted by molar-refractivity contribution is -0.276. The highest BCUT2D eigenvalue weighted by Gasteiger charge is 2.34. The molecule has 0 fully saturated rings. The highest BCUT2D eigenvalue weighted by Crippen LogP contribution is 2.29. The van der Waals surface area contributed by atoms with Gasteiger partial charge in [0.15, 0.2) is 0 Å². The Morgan fingerprint density at radius 2 is 2.05 bits per heavy atom. The van der Waals surface area contributed by atoms with Crippen LogP contribution in [-0.2, 0) is 16.0 Å². The van der Waals surface area contributed by atoms with E-state index < -0.39 is 30.2 Å². The molecule has 0 aromatic carbocycles. The van der Waals surface area contributed by atoms with E-state index in [1.54, 1.807) is 6.92 Å². The van der Waals surface area contributed by atoms with Crippen LogP contribution in [0, 0.1) is 0 Å². The summed E-state index contributed by atoms with van der Waals surface area (Å²) in [5, 5.41) is 0. The van der Waals surface area contributed by atoms with Crippen LogP contribution in [-0.4, -0.2) is 31.0 Å². The molecule has 20 heavy (non-hydrogen) atoms. The summed E-state index contributed by atoms with van der Waals surface area (Å²) in [6.07, 6.45) is -5.54. The molecule has 1 rings (SSSR count). The summed E-state index contributed by atoms with van der Waals surface area (Å²) >= 11 is 0. The summed E-state index contributed by atoms with van der Waals surface area (Å²) in [7, 11) is 1.15. The molecule has 1 heterocycles. The number of halogens is 3. The van der Waals surface area contributed by atoms with Gasteiger partial charge in [-0.3, -0.25) is 14.6 Å². The molecule has 0 bridgehead atoms. The maximum atomic E-state index is 12.3. The van der Waals surface area contributed by atoms with Crippen LogP contribution >= 0.6 is 0 Å². The zero-order chi connectivity index (χ0) is 15.3. The van der Waals surface area contributed by atoms with Gasteiger partial charge in [0.1, 0.15) is 5.75 Å². The van der Waals surface area contributed by atoms with E-state index >= 15 is 0 Å². The Morgan fingerprint density at radius 1 is 1.40 bits per heavy atom. The molecule has 6 nitrogen and oxygen atoms in total. The van der Waals surface area contributed by atoms with Crippen LogP contribution < -0.4 is 15.0 Å². The van der Waals surface area contributed by atoms with Gasteiger partial charge in [0.2, 0.25) is 5.88 Å². The van der Waals surface area contributed by atoms with Crippen LogP contribution in [0.25, 0.3) is 0 Å². The Balaban J connectivity index is 3.22. The van der Waals surface area contributed by atoms with Crippen molar-refractivity contribution in [2.75, 3.05) is 13.7 Å². The van der Waals surface area contributed by atoms with Gasteiger partial charge in [0.25, 0.3) is 5.56 Å². The van der Waals surface area contributed by atoms with Gasteiger partial charge >= 0.3 is 12.3 Å². The van der Waals surface area contributed by atoms with Crippen LogP contribution in [0.2, 0.25) is 0 Å². The number of aromatic nitrogens is 1. The predicted octanol–water partition coefficient (Wildman–Crippen LogP) is 1.39. The molecule has 0 radical (unpaired) electrons. The fourth-order valence-corrected chi connectivity index (χ4v) is 1.45. The molecule has 112 valence electrons. The third-order valence-corrected chi connectivity index (χ3v) is 2.13. The average Bonchev–Trinajstić information content (AvgIpc) is 2.30. The molecule has 1 aromatic rings. The number of carbonyl (C=O) groups excluding carboxylic acids is 1. The lowest BCUT2D eigenvalue weighted by Crippen LogP contribution is -2.23. The third kappa shape index (κ3) is 4.48. The van der Waals surface area contributed by atoms with Crippen LogP contribution in [0.1, 0.15) is 12.5 Å². The Labute approximate surface area is 111 Å². The van der Waals surface area contributed by atoms with Crippen LogP contribution in [0.5, 0.6) is 11.6 Å². The summed E-state index contributed by atoms with van der Waals surface area (Å²) in [4.78, 5) is 24.5. The van der Waals surface area contributed by atoms with Crippen LogP contribution in [0.3, 0.4) is 0 Å². The molecule has 0 atom stereocenters. The van der Waals surface area contributed by atoms with Crippen molar-refractivity contribution in [1.29, 1.82) is 0 Å². The van der Waals surface area contributed by atoms with Crippen molar-refractivity contribution in [2.24, 2.45) is 0 Å². The topological polar surface area (TPSA) is 77.6 Å². The predicted molar refractivity (Wildman–Crippen MR) is 60.6 cm³/mol. The second-order valence-electron chi connectivity index (χ2n) is 3.54. The Bertz CT molecular complexity index is 538. The van der Waals surface area contributed by atoms with E-state index in [-0.39, 0.29) is 17.9 Å². The van der Waals surface area contributed by atoms with Crippen molar-refractivity contribution in [3.8, 4) is 11.6 Å². The first-order valence-electron chi connectivity index (χ1n) is 5.48. The number of rotatable bonds is 5. The van der Waals surface area contributed by atoms with Crippen molar-refractivity contribution >= 4 is 5.97 Å². The monoisotopic (exact) mass is 295 g/mol. The normalized spacial score (nSPS) is 11.1. The molecule has 0 aliphatic rings. The van der Waals surface area contributed by atoms with Crippen LogP contribution in [0.15, 0.2) is 10.9 Å². The van der Waals surface area contributed by atoms with Gasteiger partial charge in [0, 0.05) is 6.07 Å². The standard InChI is InChI=1S/C11H12F3NO5/c1-3-19-9(17)4-6-7(18-2)5-8(16)15-10(6)20-11(12,13)14/h5H,3-4H2,1-2H3,(H,15,16). The molecular weight excluding hydrogens is 283 g/mol. The highest BCUT2D eigenvalue weighted by atomic mass is 19.4. The molecule has 9 heteroatoms. The minimum absolute atomic E-state index is 0.0694. The number of hydrogen-bond donors (Lipinski definition) is 1. The minimum Gasteiger partial charge on any atom is -0.496 e. The van der Waals surface area contributed by atoms with Gasteiger partial charge in [0.05, 0.1) is 25.7 Å². The Morgan fingerprint density at radius 3 is 2.55 bits per heavy atom. The molecule has 1 N–H and O–H groups in total. The summed E-state index contributed by atoms with van der Waals surface area (Å²) < 4.78 is 49.9. The Kier molecular flexibility index (Phi) is 5.00. The number of nitrogens with one attached hydrogen (secondary N) is 1. The first-order valence-corrected chi connectivity index (χ1v) is 5.48. The summed E-state index contributed by atoms with van der Waals surface area (Å²) in [6.45, 7) is 1.62. The first-order chi connectivity index (χ1) is 9.26. The molecule has 0 unspecified atom stereocenters. The first kappa shape index (κ1) is 15.9. The van der Waals surface area contributed by atoms with E-state index in [0.29, 0.717) is 0 Å². The van der Waals surface area contributed by atoms with Gasteiger partial charge < -0.3 is 14.2 Å². The quantitative estimate of drug-likeness (QED) is 0.831. The lowest BCUT2D eigenvalue weighted by atomic mass is 10.2. The largest absolute Gasteiger partial charge is 0.574 e. The molecule has 0 amide bonds. The minimum atomic E-state index is -5.02. The number of esters is 1. The van der Waals surface area contributed by atoms with Gasteiger partial charge in [-0.05, 0) is 6.92 Å². The van der Waals surface area contributed by atoms with Crippen molar-refractivity contribution < 1.29 is 32.2 Å². The second-order valence-corrected chi connectivity index (χ2v) is 3.54. The van der Waals surface area contributed by atoms with E-state index in [2.05, 4.69) is 9.47 Å². The molecular formula is C11H12F3NO5. The highest BCUT2D eigenvalue weighted by molar-refractivity contribution is 5.74. The second kappa shape index (κ2) is 6.31.